The maximum Gasteiger partial charge on any atom is 0.0979 e. The van der Waals surface area contributed by atoms with Crippen LogP contribution in [-0.2, 0) is 0 Å². The van der Waals surface area contributed by atoms with Gasteiger partial charge in [-0.15, -0.1) is 6.58 Å². The highest BCUT2D eigenvalue weighted by Crippen LogP contribution is 2.19. The summed E-state index contributed by atoms with van der Waals surface area (Å²) >= 11 is 2.19. The van der Waals surface area contributed by atoms with Crippen molar-refractivity contribution in [2.75, 3.05) is 0 Å². The largest absolute Gasteiger partial charge is 0.384 e. The van der Waals surface area contributed by atoms with E-state index in [2.05, 4.69) is 29.2 Å². The van der Waals surface area contributed by atoms with Crippen LogP contribution in [0.1, 0.15) is 11.7 Å². The van der Waals surface area contributed by atoms with Gasteiger partial charge in [-0.2, -0.15) is 0 Å². The van der Waals surface area contributed by atoms with E-state index >= 15 is 0 Å². The number of rotatable bonds is 2. The van der Waals surface area contributed by atoms with Gasteiger partial charge in [-0.25, -0.2) is 0 Å². The second kappa shape index (κ2) is 3.88. The second-order valence-corrected chi connectivity index (χ2v) is 3.36. The van der Waals surface area contributed by atoms with Gasteiger partial charge in [-0.05, 0) is 34.2 Å². The van der Waals surface area contributed by atoms with Gasteiger partial charge in [-0.1, -0.05) is 24.3 Å². The first kappa shape index (κ1) is 8.74. The highest BCUT2D eigenvalue weighted by Gasteiger charge is 2.04. The van der Waals surface area contributed by atoms with Crippen LogP contribution in [0.5, 0.6) is 0 Å². The van der Waals surface area contributed by atoms with Crippen LogP contribution in [0.2, 0.25) is 0 Å². The van der Waals surface area contributed by atoms with Gasteiger partial charge in [-0.3, -0.25) is 0 Å². The molecule has 0 aliphatic carbocycles. The van der Waals surface area contributed by atoms with E-state index in [-0.39, 0.29) is 0 Å². The van der Waals surface area contributed by atoms with Crippen LogP contribution in [0.25, 0.3) is 0 Å². The van der Waals surface area contributed by atoms with E-state index in [1.54, 1.807) is 0 Å². The second-order valence-electron chi connectivity index (χ2n) is 2.20. The molecule has 1 aromatic rings. The van der Waals surface area contributed by atoms with Gasteiger partial charge in [0.05, 0.1) is 6.10 Å². The van der Waals surface area contributed by atoms with Crippen LogP contribution in [0.15, 0.2) is 36.9 Å². The first-order chi connectivity index (χ1) is 5.25. The standard InChI is InChI=1S/C9H9IO/c1-2-9(11)7-5-3-4-6-8(7)10/h2-6,9,11H,1H2. The van der Waals surface area contributed by atoms with E-state index in [9.17, 15) is 5.11 Å². The van der Waals surface area contributed by atoms with Crippen molar-refractivity contribution in [2.24, 2.45) is 0 Å². The summed E-state index contributed by atoms with van der Waals surface area (Å²) in [5.41, 5.74) is 0.920. The molecule has 0 aromatic heterocycles. The number of aliphatic hydroxyl groups is 1. The fourth-order valence-electron chi connectivity index (χ4n) is 0.842. The average Bonchev–Trinajstić information content (AvgIpc) is 2.04. The van der Waals surface area contributed by atoms with Gasteiger partial charge < -0.3 is 5.11 Å². The first-order valence-electron chi connectivity index (χ1n) is 3.30. The molecule has 0 aliphatic rings. The van der Waals surface area contributed by atoms with Crippen LogP contribution in [0, 0.1) is 3.57 Å². The van der Waals surface area contributed by atoms with Gasteiger partial charge in [0.2, 0.25) is 0 Å². The minimum absolute atomic E-state index is 0.539. The zero-order valence-corrected chi connectivity index (χ0v) is 8.15. The molecule has 0 aliphatic heterocycles. The Morgan fingerprint density at radius 3 is 2.64 bits per heavy atom. The van der Waals surface area contributed by atoms with Crippen molar-refractivity contribution in [1.29, 1.82) is 0 Å². The molecule has 1 N–H and O–H groups in total. The van der Waals surface area contributed by atoms with Crippen molar-refractivity contribution in [1.82, 2.24) is 0 Å². The molecule has 58 valence electrons. The lowest BCUT2D eigenvalue weighted by Gasteiger charge is -2.06. The van der Waals surface area contributed by atoms with E-state index in [4.69, 9.17) is 0 Å². The summed E-state index contributed by atoms with van der Waals surface area (Å²) in [7, 11) is 0. The normalized spacial score (nSPS) is 12.5. The third kappa shape index (κ3) is 2.04. The Balaban J connectivity index is 3.02. The van der Waals surface area contributed by atoms with Crippen LogP contribution in [0.3, 0.4) is 0 Å². The van der Waals surface area contributed by atoms with Crippen LogP contribution < -0.4 is 0 Å². The molecule has 1 rings (SSSR count). The van der Waals surface area contributed by atoms with Gasteiger partial charge in [0.1, 0.15) is 0 Å². The van der Waals surface area contributed by atoms with Crippen molar-refractivity contribution in [3.8, 4) is 0 Å². The van der Waals surface area contributed by atoms with E-state index in [0.717, 1.165) is 9.13 Å². The first-order valence-corrected chi connectivity index (χ1v) is 4.38. The lowest BCUT2D eigenvalue weighted by Crippen LogP contribution is -1.94. The molecule has 1 atom stereocenters. The average molecular weight is 260 g/mol. The molecule has 0 amide bonds. The van der Waals surface area contributed by atoms with Gasteiger partial charge in [0.15, 0.2) is 0 Å². The molecule has 0 fully saturated rings. The zero-order valence-electron chi connectivity index (χ0n) is 6.00. The molecule has 0 radical (unpaired) electrons. The summed E-state index contributed by atoms with van der Waals surface area (Å²) in [6.07, 6.45) is 0.986. The Morgan fingerprint density at radius 1 is 1.45 bits per heavy atom. The predicted octanol–water partition coefficient (Wildman–Crippen LogP) is 2.51. The van der Waals surface area contributed by atoms with E-state index < -0.39 is 6.10 Å². The molecule has 2 heteroatoms. The molecule has 11 heavy (non-hydrogen) atoms. The Hall–Kier alpha value is -0.350. The maximum absolute atomic E-state index is 9.39. The third-order valence-electron chi connectivity index (χ3n) is 1.45. The molecule has 1 nitrogen and oxygen atoms in total. The summed E-state index contributed by atoms with van der Waals surface area (Å²) < 4.78 is 1.07. The number of benzene rings is 1. The SMILES string of the molecule is C=CC(O)c1ccccc1I. The Morgan fingerprint density at radius 2 is 2.09 bits per heavy atom. The summed E-state index contributed by atoms with van der Waals surface area (Å²) in [5, 5.41) is 9.39. The molecule has 0 saturated carbocycles. The molecule has 0 heterocycles. The molecule has 0 spiro atoms. The van der Waals surface area contributed by atoms with E-state index in [1.165, 1.54) is 6.08 Å². The van der Waals surface area contributed by atoms with Gasteiger partial charge in [0.25, 0.3) is 0 Å². The van der Waals surface area contributed by atoms with Crippen molar-refractivity contribution in [3.63, 3.8) is 0 Å². The fourth-order valence-corrected chi connectivity index (χ4v) is 1.55. The quantitative estimate of drug-likeness (QED) is 0.639. The molecular formula is C9H9IO. The molecular weight excluding hydrogens is 251 g/mol. The number of hydrogen-bond acceptors (Lipinski definition) is 1. The van der Waals surface area contributed by atoms with Gasteiger partial charge in [0, 0.05) is 3.57 Å². The minimum Gasteiger partial charge on any atom is -0.384 e. The molecule has 1 unspecified atom stereocenters. The Bertz CT molecular complexity index is 257. The van der Waals surface area contributed by atoms with Crippen molar-refractivity contribution in [2.45, 2.75) is 6.10 Å². The lowest BCUT2D eigenvalue weighted by atomic mass is 10.1. The molecule has 0 bridgehead atoms. The highest BCUT2D eigenvalue weighted by molar-refractivity contribution is 14.1. The Kier molecular flexibility index (Phi) is 3.08. The number of hydrogen-bond donors (Lipinski definition) is 1. The smallest absolute Gasteiger partial charge is 0.0979 e. The topological polar surface area (TPSA) is 20.2 Å². The van der Waals surface area contributed by atoms with Crippen LogP contribution in [0.4, 0.5) is 0 Å². The van der Waals surface area contributed by atoms with Gasteiger partial charge >= 0.3 is 0 Å². The summed E-state index contributed by atoms with van der Waals surface area (Å²) in [5.74, 6) is 0. The van der Waals surface area contributed by atoms with E-state index in [0.29, 0.717) is 0 Å². The lowest BCUT2D eigenvalue weighted by molar-refractivity contribution is 0.228. The molecule has 1 aromatic carbocycles. The van der Waals surface area contributed by atoms with E-state index in [1.807, 2.05) is 24.3 Å². The van der Waals surface area contributed by atoms with Crippen molar-refractivity contribution >= 4 is 22.6 Å². The summed E-state index contributed by atoms with van der Waals surface area (Å²) in [6, 6.07) is 7.71. The zero-order chi connectivity index (χ0) is 8.27. The minimum atomic E-state index is -0.539. The number of halogens is 1. The van der Waals surface area contributed by atoms with Crippen molar-refractivity contribution in [3.05, 3.63) is 46.1 Å². The highest BCUT2D eigenvalue weighted by atomic mass is 127. The molecule has 0 saturated heterocycles. The maximum atomic E-state index is 9.39. The Labute approximate surface area is 79.9 Å². The summed E-state index contributed by atoms with van der Waals surface area (Å²) in [6.45, 7) is 3.52. The third-order valence-corrected chi connectivity index (χ3v) is 2.43. The monoisotopic (exact) mass is 260 g/mol. The fraction of sp³-hybridized carbons (Fsp3) is 0.111. The summed E-state index contributed by atoms with van der Waals surface area (Å²) in [4.78, 5) is 0. The number of aliphatic hydroxyl groups excluding tert-OH is 1. The predicted molar refractivity (Wildman–Crippen MR) is 54.3 cm³/mol. The van der Waals surface area contributed by atoms with Crippen LogP contribution in [-0.4, -0.2) is 5.11 Å². The van der Waals surface area contributed by atoms with Crippen molar-refractivity contribution < 1.29 is 5.11 Å². The van der Waals surface area contributed by atoms with Crippen LogP contribution >= 0.6 is 22.6 Å².